The van der Waals surface area contributed by atoms with Crippen LogP contribution in [0.1, 0.15) is 57.7 Å². The van der Waals surface area contributed by atoms with Gasteiger partial charge in [0.15, 0.2) is 0 Å². The topological polar surface area (TPSA) is 27.1 Å². The van der Waals surface area contributed by atoms with Crippen LogP contribution in [-0.2, 0) is 11.3 Å². The van der Waals surface area contributed by atoms with Gasteiger partial charge in [-0.3, -0.25) is 4.68 Å². The Labute approximate surface area is 112 Å². The fourth-order valence-electron chi connectivity index (χ4n) is 2.20. The van der Waals surface area contributed by atoms with E-state index in [4.69, 9.17) is 4.74 Å². The normalized spacial score (nSPS) is 18.8. The van der Waals surface area contributed by atoms with E-state index < -0.39 is 0 Å². The molecular formula is C13H21BrN2O. The minimum Gasteiger partial charge on any atom is -0.372 e. The molecular weight excluding hydrogens is 280 g/mol. The molecule has 3 nitrogen and oxygen atoms in total. The first-order chi connectivity index (χ1) is 8.20. The zero-order valence-electron chi connectivity index (χ0n) is 10.7. The minimum atomic E-state index is 0.304. The molecule has 1 aromatic rings. The lowest BCUT2D eigenvalue weighted by Crippen LogP contribution is -2.08. The molecule has 2 rings (SSSR count). The largest absolute Gasteiger partial charge is 0.372 e. The Morgan fingerprint density at radius 1 is 1.53 bits per heavy atom. The van der Waals surface area contributed by atoms with Crippen LogP contribution in [-0.4, -0.2) is 15.9 Å². The van der Waals surface area contributed by atoms with E-state index in [0.717, 1.165) is 16.6 Å². The van der Waals surface area contributed by atoms with Crippen molar-refractivity contribution < 1.29 is 4.74 Å². The van der Waals surface area contributed by atoms with Crippen molar-refractivity contribution in [3.8, 4) is 0 Å². The van der Waals surface area contributed by atoms with Crippen molar-refractivity contribution in [2.45, 2.75) is 64.7 Å². The Balaban J connectivity index is 1.97. The van der Waals surface area contributed by atoms with Crippen LogP contribution < -0.4 is 0 Å². The van der Waals surface area contributed by atoms with Crippen LogP contribution in [0.25, 0.3) is 0 Å². The highest BCUT2D eigenvalue weighted by molar-refractivity contribution is 9.10. The van der Waals surface area contributed by atoms with Gasteiger partial charge in [0.1, 0.15) is 5.69 Å². The highest BCUT2D eigenvalue weighted by Gasteiger charge is 2.19. The first-order valence-corrected chi connectivity index (χ1v) is 7.35. The molecule has 1 heterocycles. The van der Waals surface area contributed by atoms with Crippen LogP contribution in [0, 0.1) is 0 Å². The first kappa shape index (κ1) is 13.1. The second kappa shape index (κ2) is 6.01. The molecule has 0 aromatic carbocycles. The number of nitrogens with zero attached hydrogens (tertiary/aromatic N) is 2. The highest BCUT2D eigenvalue weighted by atomic mass is 79.9. The molecule has 4 heteroatoms. The average molecular weight is 301 g/mol. The molecule has 0 bridgehead atoms. The van der Waals surface area contributed by atoms with Gasteiger partial charge in [0.05, 0.1) is 23.2 Å². The Kier molecular flexibility index (Phi) is 4.62. The summed E-state index contributed by atoms with van der Waals surface area (Å²) < 4.78 is 8.92. The van der Waals surface area contributed by atoms with Crippen molar-refractivity contribution in [1.29, 1.82) is 0 Å². The molecule has 1 aliphatic carbocycles. The molecule has 0 N–H and O–H groups in total. The number of hydrogen-bond donors (Lipinski definition) is 0. The van der Waals surface area contributed by atoms with E-state index in [0.29, 0.717) is 18.8 Å². The summed E-state index contributed by atoms with van der Waals surface area (Å²) in [5, 5.41) is 4.64. The molecule has 1 atom stereocenters. The maximum absolute atomic E-state index is 5.73. The van der Waals surface area contributed by atoms with Crippen molar-refractivity contribution >= 4 is 15.9 Å². The molecule has 96 valence electrons. The molecule has 0 unspecified atom stereocenters. The van der Waals surface area contributed by atoms with Crippen molar-refractivity contribution in [1.82, 2.24) is 9.78 Å². The second-order valence-electron chi connectivity index (χ2n) is 4.87. The molecule has 0 spiro atoms. The van der Waals surface area contributed by atoms with Crippen molar-refractivity contribution in [2.75, 3.05) is 0 Å². The molecule has 0 amide bonds. The third-order valence-corrected chi connectivity index (χ3v) is 4.20. The Bertz CT molecular complexity index is 358. The SMILES string of the molecule is CC[C@H](C)OCc1nn(C2CCCC2)cc1Br. The van der Waals surface area contributed by atoms with Crippen LogP contribution in [0.3, 0.4) is 0 Å². The lowest BCUT2D eigenvalue weighted by molar-refractivity contribution is 0.0482. The zero-order valence-corrected chi connectivity index (χ0v) is 12.2. The first-order valence-electron chi connectivity index (χ1n) is 6.55. The third kappa shape index (κ3) is 3.32. The predicted octanol–water partition coefficient (Wildman–Crippen LogP) is 4.08. The molecule has 1 aromatic heterocycles. The van der Waals surface area contributed by atoms with Crippen LogP contribution >= 0.6 is 15.9 Å². The predicted molar refractivity (Wildman–Crippen MR) is 72.0 cm³/mol. The van der Waals surface area contributed by atoms with E-state index >= 15 is 0 Å². The van der Waals surface area contributed by atoms with Gasteiger partial charge in [-0.1, -0.05) is 19.8 Å². The van der Waals surface area contributed by atoms with Gasteiger partial charge in [-0.2, -0.15) is 5.10 Å². The van der Waals surface area contributed by atoms with E-state index in [1.807, 2.05) is 0 Å². The van der Waals surface area contributed by atoms with Crippen LogP contribution in [0.5, 0.6) is 0 Å². The summed E-state index contributed by atoms with van der Waals surface area (Å²) in [5.74, 6) is 0. The van der Waals surface area contributed by atoms with Gasteiger partial charge in [-0.15, -0.1) is 0 Å². The number of ether oxygens (including phenoxy) is 1. The van der Waals surface area contributed by atoms with Gasteiger partial charge in [0.25, 0.3) is 0 Å². The van der Waals surface area contributed by atoms with Crippen LogP contribution in [0.15, 0.2) is 10.7 Å². The minimum absolute atomic E-state index is 0.304. The fourth-order valence-corrected chi connectivity index (χ4v) is 2.60. The Morgan fingerprint density at radius 3 is 2.88 bits per heavy atom. The fraction of sp³-hybridized carbons (Fsp3) is 0.769. The van der Waals surface area contributed by atoms with E-state index in [-0.39, 0.29) is 0 Å². The lowest BCUT2D eigenvalue weighted by atomic mass is 10.3. The summed E-state index contributed by atoms with van der Waals surface area (Å²) in [6.07, 6.45) is 8.64. The van der Waals surface area contributed by atoms with Gasteiger partial charge < -0.3 is 4.74 Å². The standard InChI is InChI=1S/C13H21BrN2O/c1-3-10(2)17-9-13-12(14)8-16(15-13)11-6-4-5-7-11/h8,10-11H,3-7,9H2,1-2H3/t10-/m0/s1. The second-order valence-corrected chi connectivity index (χ2v) is 5.73. The third-order valence-electron chi connectivity index (χ3n) is 3.54. The van der Waals surface area contributed by atoms with E-state index in [9.17, 15) is 0 Å². The number of aromatic nitrogens is 2. The summed E-state index contributed by atoms with van der Waals surface area (Å²) >= 11 is 3.57. The summed E-state index contributed by atoms with van der Waals surface area (Å²) in [7, 11) is 0. The van der Waals surface area contributed by atoms with E-state index in [2.05, 4.69) is 45.8 Å². The maximum atomic E-state index is 5.73. The zero-order chi connectivity index (χ0) is 12.3. The summed E-state index contributed by atoms with van der Waals surface area (Å²) in [6, 6.07) is 0.601. The Morgan fingerprint density at radius 2 is 2.24 bits per heavy atom. The van der Waals surface area contributed by atoms with Crippen molar-refractivity contribution in [3.05, 3.63) is 16.4 Å². The monoisotopic (exact) mass is 300 g/mol. The average Bonchev–Trinajstić information content (AvgIpc) is 2.95. The molecule has 1 saturated carbocycles. The van der Waals surface area contributed by atoms with Gasteiger partial charge in [0.2, 0.25) is 0 Å². The maximum Gasteiger partial charge on any atom is 0.102 e. The summed E-state index contributed by atoms with van der Waals surface area (Å²) in [5.41, 5.74) is 1.03. The lowest BCUT2D eigenvalue weighted by Gasteiger charge is -2.10. The Hall–Kier alpha value is -0.350. The van der Waals surface area contributed by atoms with Gasteiger partial charge >= 0.3 is 0 Å². The molecule has 0 radical (unpaired) electrons. The van der Waals surface area contributed by atoms with Crippen molar-refractivity contribution in [2.24, 2.45) is 0 Å². The molecule has 0 aliphatic heterocycles. The highest BCUT2D eigenvalue weighted by Crippen LogP contribution is 2.30. The number of halogens is 1. The smallest absolute Gasteiger partial charge is 0.102 e. The molecule has 1 aliphatic rings. The van der Waals surface area contributed by atoms with Gasteiger partial charge in [0, 0.05) is 6.20 Å². The van der Waals surface area contributed by atoms with Gasteiger partial charge in [-0.25, -0.2) is 0 Å². The van der Waals surface area contributed by atoms with Crippen LogP contribution in [0.4, 0.5) is 0 Å². The van der Waals surface area contributed by atoms with Crippen molar-refractivity contribution in [3.63, 3.8) is 0 Å². The van der Waals surface area contributed by atoms with E-state index in [1.165, 1.54) is 25.7 Å². The summed E-state index contributed by atoms with van der Waals surface area (Å²) in [6.45, 7) is 4.84. The molecule has 1 fully saturated rings. The molecule has 17 heavy (non-hydrogen) atoms. The quantitative estimate of drug-likeness (QED) is 0.819. The number of rotatable bonds is 5. The van der Waals surface area contributed by atoms with E-state index in [1.54, 1.807) is 0 Å². The van der Waals surface area contributed by atoms with Crippen LogP contribution in [0.2, 0.25) is 0 Å². The van der Waals surface area contributed by atoms with Gasteiger partial charge in [-0.05, 0) is 42.1 Å². The molecule has 0 saturated heterocycles. The number of hydrogen-bond acceptors (Lipinski definition) is 2. The summed E-state index contributed by atoms with van der Waals surface area (Å²) in [4.78, 5) is 0.